The van der Waals surface area contributed by atoms with E-state index in [1.54, 1.807) is 18.2 Å². The van der Waals surface area contributed by atoms with Crippen molar-refractivity contribution in [2.24, 2.45) is 0 Å². The summed E-state index contributed by atoms with van der Waals surface area (Å²) in [6.07, 6.45) is 1.11. The van der Waals surface area contributed by atoms with Gasteiger partial charge in [0.05, 0.1) is 11.3 Å². The maximum absolute atomic E-state index is 11.0. The van der Waals surface area contributed by atoms with E-state index in [1.807, 2.05) is 0 Å². The van der Waals surface area contributed by atoms with Crippen LogP contribution in [0.2, 0.25) is 0 Å². The van der Waals surface area contributed by atoms with Crippen molar-refractivity contribution in [1.82, 2.24) is 0 Å². The molecule has 3 N–H and O–H groups in total. The lowest BCUT2D eigenvalue weighted by atomic mass is 10.0. The van der Waals surface area contributed by atoms with Gasteiger partial charge in [-0.25, -0.2) is 4.79 Å². The molecule has 0 aromatic heterocycles. The Morgan fingerprint density at radius 2 is 2.33 bits per heavy atom. The molecule has 4 heteroatoms. The molecule has 0 aliphatic carbocycles. The summed E-state index contributed by atoms with van der Waals surface area (Å²) in [6.45, 7) is 2.99. The van der Waals surface area contributed by atoms with Gasteiger partial charge >= 0.3 is 5.97 Å². The minimum atomic E-state index is -0.899. The second-order valence-electron chi connectivity index (χ2n) is 3.91. The standard InChI is InChI=1S/C11H14N2O2/c1-7-4-5-13(7)10-6-8(12)2-3-9(10)11(14)15/h2-3,6-7H,4-5,12H2,1H3,(H,14,15). The molecule has 1 unspecified atom stereocenters. The summed E-state index contributed by atoms with van der Waals surface area (Å²) in [4.78, 5) is 13.1. The molecule has 4 nitrogen and oxygen atoms in total. The molecule has 0 bridgehead atoms. The molecule has 0 amide bonds. The van der Waals surface area contributed by atoms with Gasteiger partial charge < -0.3 is 15.7 Å². The van der Waals surface area contributed by atoms with E-state index in [0.717, 1.165) is 18.7 Å². The summed E-state index contributed by atoms with van der Waals surface area (Å²) in [6, 6.07) is 5.33. The van der Waals surface area contributed by atoms with Gasteiger partial charge in [0.1, 0.15) is 0 Å². The number of nitrogen functional groups attached to an aromatic ring is 1. The molecular weight excluding hydrogens is 192 g/mol. The second kappa shape index (κ2) is 3.46. The lowest BCUT2D eigenvalue weighted by molar-refractivity contribution is 0.0697. The molecule has 1 fully saturated rings. The Hall–Kier alpha value is -1.71. The summed E-state index contributed by atoms with van der Waals surface area (Å²) >= 11 is 0. The number of carboxylic acid groups (broad SMARTS) is 1. The zero-order valence-corrected chi connectivity index (χ0v) is 8.60. The van der Waals surface area contributed by atoms with E-state index in [9.17, 15) is 4.79 Å². The fourth-order valence-corrected chi connectivity index (χ4v) is 1.84. The summed E-state index contributed by atoms with van der Waals surface area (Å²) in [5.41, 5.74) is 7.34. The lowest BCUT2D eigenvalue weighted by Gasteiger charge is -2.41. The van der Waals surface area contributed by atoms with Crippen molar-refractivity contribution in [3.05, 3.63) is 23.8 Å². The van der Waals surface area contributed by atoms with E-state index in [2.05, 4.69) is 11.8 Å². The highest BCUT2D eigenvalue weighted by atomic mass is 16.4. The first-order valence-corrected chi connectivity index (χ1v) is 4.99. The second-order valence-corrected chi connectivity index (χ2v) is 3.91. The van der Waals surface area contributed by atoms with Crippen LogP contribution in [0.4, 0.5) is 11.4 Å². The highest BCUT2D eigenvalue weighted by Crippen LogP contribution is 2.31. The predicted octanol–water partition coefficient (Wildman–Crippen LogP) is 1.57. The van der Waals surface area contributed by atoms with Crippen LogP contribution in [0, 0.1) is 0 Å². The minimum Gasteiger partial charge on any atom is -0.478 e. The highest BCUT2D eigenvalue weighted by molar-refractivity contribution is 5.95. The highest BCUT2D eigenvalue weighted by Gasteiger charge is 2.27. The SMILES string of the molecule is CC1CCN1c1cc(N)ccc1C(=O)O. The van der Waals surface area contributed by atoms with Crippen LogP contribution in [0.3, 0.4) is 0 Å². The Balaban J connectivity index is 2.42. The number of anilines is 2. The van der Waals surface area contributed by atoms with Crippen LogP contribution in [0.1, 0.15) is 23.7 Å². The first-order valence-electron chi connectivity index (χ1n) is 4.99. The van der Waals surface area contributed by atoms with Crippen LogP contribution in [-0.2, 0) is 0 Å². The molecule has 1 aliphatic heterocycles. The van der Waals surface area contributed by atoms with Gasteiger partial charge in [-0.3, -0.25) is 0 Å². The van der Waals surface area contributed by atoms with Crippen LogP contribution < -0.4 is 10.6 Å². The Kier molecular flexibility index (Phi) is 2.26. The number of nitrogens with zero attached hydrogens (tertiary/aromatic N) is 1. The monoisotopic (exact) mass is 206 g/mol. The minimum absolute atomic E-state index is 0.329. The van der Waals surface area contributed by atoms with Crippen molar-refractivity contribution >= 4 is 17.3 Å². The predicted molar refractivity (Wildman–Crippen MR) is 59.2 cm³/mol. The Labute approximate surface area is 88.3 Å². The molecule has 1 heterocycles. The first-order chi connectivity index (χ1) is 7.09. The van der Waals surface area contributed by atoms with Crippen molar-refractivity contribution in [3.63, 3.8) is 0 Å². The van der Waals surface area contributed by atoms with Gasteiger partial charge in [-0.15, -0.1) is 0 Å². The fraction of sp³-hybridized carbons (Fsp3) is 0.364. The van der Waals surface area contributed by atoms with Gasteiger partial charge in [-0.1, -0.05) is 0 Å². The third-order valence-electron chi connectivity index (χ3n) is 2.88. The molecular formula is C11H14N2O2. The number of hydrogen-bond acceptors (Lipinski definition) is 3. The lowest BCUT2D eigenvalue weighted by Crippen LogP contribution is -2.46. The molecule has 0 radical (unpaired) electrons. The summed E-state index contributed by atoms with van der Waals surface area (Å²) < 4.78 is 0. The smallest absolute Gasteiger partial charge is 0.337 e. The number of hydrogen-bond donors (Lipinski definition) is 2. The van der Waals surface area contributed by atoms with Crippen LogP contribution in [0.5, 0.6) is 0 Å². The molecule has 80 valence electrons. The molecule has 0 saturated carbocycles. The number of rotatable bonds is 2. The first kappa shape index (κ1) is 9.83. The zero-order valence-electron chi connectivity index (χ0n) is 8.60. The maximum atomic E-state index is 11.0. The van der Waals surface area contributed by atoms with Crippen LogP contribution in [0.25, 0.3) is 0 Å². The van der Waals surface area contributed by atoms with Crippen LogP contribution in [-0.4, -0.2) is 23.7 Å². The molecule has 1 atom stereocenters. The molecule has 1 aromatic carbocycles. The van der Waals surface area contributed by atoms with E-state index in [-0.39, 0.29) is 0 Å². The number of nitrogens with two attached hydrogens (primary N) is 1. The molecule has 1 aliphatic rings. The molecule has 15 heavy (non-hydrogen) atoms. The van der Waals surface area contributed by atoms with Gasteiger partial charge in [0, 0.05) is 18.3 Å². The Morgan fingerprint density at radius 1 is 1.60 bits per heavy atom. The average molecular weight is 206 g/mol. The Bertz CT molecular complexity index is 404. The third kappa shape index (κ3) is 1.63. The summed E-state index contributed by atoms with van der Waals surface area (Å²) in [5.74, 6) is -0.899. The Morgan fingerprint density at radius 3 is 2.80 bits per heavy atom. The van der Waals surface area contributed by atoms with Gasteiger partial charge in [0.25, 0.3) is 0 Å². The third-order valence-corrected chi connectivity index (χ3v) is 2.88. The molecule has 1 aromatic rings. The van der Waals surface area contributed by atoms with Crippen molar-refractivity contribution in [2.75, 3.05) is 17.2 Å². The van der Waals surface area contributed by atoms with E-state index in [4.69, 9.17) is 10.8 Å². The quantitative estimate of drug-likeness (QED) is 0.721. The number of aromatic carboxylic acids is 1. The van der Waals surface area contributed by atoms with Crippen molar-refractivity contribution < 1.29 is 9.90 Å². The van der Waals surface area contributed by atoms with Crippen LogP contribution >= 0.6 is 0 Å². The van der Waals surface area contributed by atoms with Gasteiger partial charge in [-0.2, -0.15) is 0 Å². The zero-order chi connectivity index (χ0) is 11.0. The van der Waals surface area contributed by atoms with Crippen molar-refractivity contribution in [1.29, 1.82) is 0 Å². The van der Waals surface area contributed by atoms with E-state index in [1.165, 1.54) is 0 Å². The average Bonchev–Trinajstić information content (AvgIpc) is 2.15. The largest absolute Gasteiger partial charge is 0.478 e. The molecule has 0 spiro atoms. The van der Waals surface area contributed by atoms with E-state index >= 15 is 0 Å². The fourth-order valence-electron chi connectivity index (χ4n) is 1.84. The number of benzene rings is 1. The van der Waals surface area contributed by atoms with Gasteiger partial charge in [0.15, 0.2) is 0 Å². The summed E-state index contributed by atoms with van der Waals surface area (Å²) in [7, 11) is 0. The normalized spacial score (nSPS) is 19.8. The maximum Gasteiger partial charge on any atom is 0.337 e. The van der Waals surface area contributed by atoms with Crippen LogP contribution in [0.15, 0.2) is 18.2 Å². The van der Waals surface area contributed by atoms with Gasteiger partial charge in [0.2, 0.25) is 0 Å². The van der Waals surface area contributed by atoms with Gasteiger partial charge in [-0.05, 0) is 31.5 Å². The topological polar surface area (TPSA) is 66.6 Å². The number of carbonyl (C=O) groups is 1. The molecule has 1 saturated heterocycles. The summed E-state index contributed by atoms with van der Waals surface area (Å²) in [5, 5.41) is 9.04. The van der Waals surface area contributed by atoms with Crippen molar-refractivity contribution in [2.45, 2.75) is 19.4 Å². The van der Waals surface area contributed by atoms with Crippen molar-refractivity contribution in [3.8, 4) is 0 Å². The number of carboxylic acids is 1. The molecule has 2 rings (SSSR count). The van der Waals surface area contributed by atoms with E-state index < -0.39 is 5.97 Å². The van der Waals surface area contributed by atoms with E-state index in [0.29, 0.717) is 17.3 Å².